The number of nitrogen functional groups attached to an aromatic ring is 1. The van der Waals surface area contributed by atoms with E-state index in [9.17, 15) is 4.21 Å². The molecule has 0 aliphatic carbocycles. The van der Waals surface area contributed by atoms with Gasteiger partial charge in [-0.3, -0.25) is 4.21 Å². The van der Waals surface area contributed by atoms with Gasteiger partial charge in [-0.25, -0.2) is 9.97 Å². The third-order valence-corrected chi connectivity index (χ3v) is 3.45. The summed E-state index contributed by atoms with van der Waals surface area (Å²) in [5.74, 6) is 2.73. The van der Waals surface area contributed by atoms with Gasteiger partial charge in [0.1, 0.15) is 18.0 Å². The van der Waals surface area contributed by atoms with Crippen LogP contribution in [-0.2, 0) is 10.8 Å². The Balaban J connectivity index is 2.12. The minimum Gasteiger partial charge on any atom is -0.384 e. The van der Waals surface area contributed by atoms with Crippen LogP contribution in [0.25, 0.3) is 0 Å². The predicted molar refractivity (Wildman–Crippen MR) is 56.5 cm³/mol. The number of aromatic nitrogens is 2. The molecule has 5 nitrogen and oxygen atoms in total. The molecule has 1 aromatic heterocycles. The smallest absolute Gasteiger partial charge is 0.134 e. The summed E-state index contributed by atoms with van der Waals surface area (Å²) in [6.07, 6.45) is 1.45. The first-order valence-electron chi connectivity index (χ1n) is 4.43. The zero-order chi connectivity index (χ0) is 9.97. The Morgan fingerprint density at radius 1 is 1.36 bits per heavy atom. The van der Waals surface area contributed by atoms with Crippen molar-refractivity contribution < 1.29 is 4.21 Å². The molecule has 1 saturated heterocycles. The van der Waals surface area contributed by atoms with E-state index in [1.54, 1.807) is 6.07 Å². The van der Waals surface area contributed by atoms with Gasteiger partial charge in [0.25, 0.3) is 0 Å². The van der Waals surface area contributed by atoms with E-state index in [-0.39, 0.29) is 0 Å². The molecular weight excluding hydrogens is 200 g/mol. The van der Waals surface area contributed by atoms with E-state index in [1.807, 2.05) is 0 Å². The van der Waals surface area contributed by atoms with Gasteiger partial charge in [-0.2, -0.15) is 0 Å². The zero-order valence-corrected chi connectivity index (χ0v) is 8.54. The van der Waals surface area contributed by atoms with Crippen molar-refractivity contribution >= 4 is 22.4 Å². The molecule has 1 aliphatic heterocycles. The molecule has 0 aromatic carbocycles. The Morgan fingerprint density at radius 2 is 2.07 bits per heavy atom. The SMILES string of the molecule is Nc1cc(N2CCS(=O)CC2)ncn1. The molecule has 2 rings (SSSR count). The van der Waals surface area contributed by atoms with Crippen molar-refractivity contribution in [3.8, 4) is 0 Å². The van der Waals surface area contributed by atoms with Gasteiger partial charge >= 0.3 is 0 Å². The molecule has 1 fully saturated rings. The number of nitrogens with zero attached hydrogens (tertiary/aromatic N) is 3. The zero-order valence-electron chi connectivity index (χ0n) is 7.72. The second kappa shape index (κ2) is 3.91. The van der Waals surface area contributed by atoms with E-state index in [4.69, 9.17) is 5.73 Å². The molecule has 0 radical (unpaired) electrons. The summed E-state index contributed by atoms with van der Waals surface area (Å²) >= 11 is 0. The molecule has 0 bridgehead atoms. The van der Waals surface area contributed by atoms with Crippen molar-refractivity contribution in [1.82, 2.24) is 9.97 Å². The molecule has 1 aliphatic rings. The standard InChI is InChI=1S/C8H12N4OS/c9-7-5-8(11-6-10-7)12-1-3-14(13)4-2-12/h5-6H,1-4H2,(H2,9,10,11). The number of rotatable bonds is 1. The summed E-state index contributed by atoms with van der Waals surface area (Å²) in [5.41, 5.74) is 5.55. The minimum atomic E-state index is -0.656. The van der Waals surface area contributed by atoms with E-state index >= 15 is 0 Å². The summed E-state index contributed by atoms with van der Waals surface area (Å²) in [6, 6.07) is 1.74. The molecule has 1 aromatic rings. The second-order valence-electron chi connectivity index (χ2n) is 3.14. The van der Waals surface area contributed by atoms with Crippen LogP contribution >= 0.6 is 0 Å². The van der Waals surface area contributed by atoms with Crippen molar-refractivity contribution in [2.45, 2.75) is 0 Å². The highest BCUT2D eigenvalue weighted by Crippen LogP contribution is 2.13. The molecule has 0 unspecified atom stereocenters. The molecule has 0 amide bonds. The predicted octanol–water partition coefficient (Wildman–Crippen LogP) is -0.373. The van der Waals surface area contributed by atoms with Gasteiger partial charge in [-0.1, -0.05) is 0 Å². The molecule has 14 heavy (non-hydrogen) atoms. The monoisotopic (exact) mass is 212 g/mol. The van der Waals surface area contributed by atoms with Gasteiger partial charge in [0.2, 0.25) is 0 Å². The van der Waals surface area contributed by atoms with E-state index in [0.717, 1.165) is 18.9 Å². The number of hydrogen-bond donors (Lipinski definition) is 1. The van der Waals surface area contributed by atoms with E-state index in [0.29, 0.717) is 17.3 Å². The molecule has 0 atom stereocenters. The van der Waals surface area contributed by atoms with Crippen molar-refractivity contribution in [3.63, 3.8) is 0 Å². The normalized spacial score (nSPS) is 18.4. The van der Waals surface area contributed by atoms with Crippen LogP contribution in [0.15, 0.2) is 12.4 Å². The van der Waals surface area contributed by atoms with E-state index < -0.39 is 10.8 Å². The van der Waals surface area contributed by atoms with Gasteiger partial charge in [0.15, 0.2) is 0 Å². The highest BCUT2D eigenvalue weighted by Gasteiger charge is 2.16. The highest BCUT2D eigenvalue weighted by atomic mass is 32.2. The quantitative estimate of drug-likeness (QED) is 0.687. The van der Waals surface area contributed by atoms with Crippen molar-refractivity contribution in [2.24, 2.45) is 0 Å². The van der Waals surface area contributed by atoms with Gasteiger partial charge < -0.3 is 10.6 Å². The van der Waals surface area contributed by atoms with Crippen molar-refractivity contribution in [2.75, 3.05) is 35.2 Å². The van der Waals surface area contributed by atoms with Crippen LogP contribution in [0.5, 0.6) is 0 Å². The van der Waals surface area contributed by atoms with Gasteiger partial charge in [0.05, 0.1) is 0 Å². The Bertz CT molecular complexity index is 347. The lowest BCUT2D eigenvalue weighted by atomic mass is 10.4. The van der Waals surface area contributed by atoms with Crippen LogP contribution < -0.4 is 10.6 Å². The van der Waals surface area contributed by atoms with Crippen molar-refractivity contribution in [3.05, 3.63) is 12.4 Å². The molecule has 0 saturated carbocycles. The molecule has 2 heterocycles. The van der Waals surface area contributed by atoms with E-state index in [2.05, 4.69) is 14.9 Å². The highest BCUT2D eigenvalue weighted by molar-refractivity contribution is 7.85. The maximum atomic E-state index is 11.1. The topological polar surface area (TPSA) is 72.1 Å². The van der Waals surface area contributed by atoms with Crippen LogP contribution in [0, 0.1) is 0 Å². The lowest BCUT2D eigenvalue weighted by Crippen LogP contribution is -2.38. The number of hydrogen-bond acceptors (Lipinski definition) is 5. The largest absolute Gasteiger partial charge is 0.384 e. The Kier molecular flexibility index (Phi) is 2.62. The first-order chi connectivity index (χ1) is 6.75. The van der Waals surface area contributed by atoms with Crippen LogP contribution in [-0.4, -0.2) is 38.8 Å². The summed E-state index contributed by atoms with van der Waals surface area (Å²) in [4.78, 5) is 10.0. The lowest BCUT2D eigenvalue weighted by Gasteiger charge is -2.27. The number of anilines is 2. The summed E-state index contributed by atoms with van der Waals surface area (Å²) in [6.45, 7) is 1.56. The summed E-state index contributed by atoms with van der Waals surface area (Å²) < 4.78 is 11.1. The summed E-state index contributed by atoms with van der Waals surface area (Å²) in [5, 5.41) is 0. The summed E-state index contributed by atoms with van der Waals surface area (Å²) in [7, 11) is -0.656. The lowest BCUT2D eigenvalue weighted by molar-refractivity contribution is 0.672. The second-order valence-corrected chi connectivity index (χ2v) is 4.83. The average Bonchev–Trinajstić information content (AvgIpc) is 2.19. The molecule has 2 N–H and O–H groups in total. The molecule has 6 heteroatoms. The third kappa shape index (κ3) is 2.01. The average molecular weight is 212 g/mol. The van der Waals surface area contributed by atoms with Gasteiger partial charge in [-0.05, 0) is 0 Å². The molecule has 76 valence electrons. The van der Waals surface area contributed by atoms with Gasteiger partial charge in [0, 0.05) is 41.5 Å². The van der Waals surface area contributed by atoms with Gasteiger partial charge in [-0.15, -0.1) is 0 Å². The minimum absolute atomic E-state index is 0.474. The van der Waals surface area contributed by atoms with Crippen LogP contribution in [0.2, 0.25) is 0 Å². The van der Waals surface area contributed by atoms with Crippen LogP contribution in [0.1, 0.15) is 0 Å². The third-order valence-electron chi connectivity index (χ3n) is 2.18. The Labute approximate surface area is 84.8 Å². The van der Waals surface area contributed by atoms with E-state index in [1.165, 1.54) is 6.33 Å². The maximum absolute atomic E-state index is 11.1. The fraction of sp³-hybridized carbons (Fsp3) is 0.500. The Hall–Kier alpha value is -1.17. The first-order valence-corrected chi connectivity index (χ1v) is 5.92. The van der Waals surface area contributed by atoms with Crippen molar-refractivity contribution in [1.29, 1.82) is 0 Å². The first kappa shape index (κ1) is 9.39. The Morgan fingerprint density at radius 3 is 2.71 bits per heavy atom. The molecular formula is C8H12N4OS. The fourth-order valence-corrected chi connectivity index (χ4v) is 2.45. The number of nitrogens with two attached hydrogens (primary N) is 1. The molecule has 0 spiro atoms. The maximum Gasteiger partial charge on any atom is 0.134 e. The fourth-order valence-electron chi connectivity index (χ4n) is 1.40. The van der Waals surface area contributed by atoms with Crippen LogP contribution in [0.3, 0.4) is 0 Å². The van der Waals surface area contributed by atoms with Crippen LogP contribution in [0.4, 0.5) is 11.6 Å².